The third-order valence-electron chi connectivity index (χ3n) is 3.38. The summed E-state index contributed by atoms with van der Waals surface area (Å²) in [5.41, 5.74) is 2.78. The number of fused-ring (bicyclic) bond motifs is 2. The quantitative estimate of drug-likeness (QED) is 0.559. The van der Waals surface area contributed by atoms with Gasteiger partial charge in [0.2, 0.25) is 0 Å². The Bertz CT molecular complexity index is 686. The van der Waals surface area contributed by atoms with Gasteiger partial charge in [-0.2, -0.15) is 0 Å². The zero-order valence-electron chi connectivity index (χ0n) is 11.3. The number of benzene rings is 2. The largest absolute Gasteiger partial charge is 0.489 e. The number of thioether (sulfide) groups is 1. The van der Waals surface area contributed by atoms with Crippen molar-refractivity contribution < 1.29 is 9.13 Å². The van der Waals surface area contributed by atoms with Gasteiger partial charge < -0.3 is 4.74 Å². The highest BCUT2D eigenvalue weighted by molar-refractivity contribution is 7.98. The molecule has 0 bridgehead atoms. The van der Waals surface area contributed by atoms with Crippen LogP contribution in [-0.4, -0.2) is 6.61 Å². The second-order valence-corrected chi connectivity index (χ2v) is 6.22. The first-order valence-electron chi connectivity index (χ1n) is 6.62. The summed E-state index contributed by atoms with van der Waals surface area (Å²) in [6.07, 6.45) is 1.64. The van der Waals surface area contributed by atoms with Gasteiger partial charge in [0.15, 0.2) is 0 Å². The molecule has 1 nitrogen and oxygen atoms in total. The van der Waals surface area contributed by atoms with Crippen LogP contribution >= 0.6 is 23.4 Å². The van der Waals surface area contributed by atoms with Gasteiger partial charge in [-0.1, -0.05) is 30.9 Å². The summed E-state index contributed by atoms with van der Waals surface area (Å²) in [6.45, 7) is 3.96. The van der Waals surface area contributed by atoms with E-state index in [1.54, 1.807) is 23.9 Å². The summed E-state index contributed by atoms with van der Waals surface area (Å²) < 4.78 is 19.4. The lowest BCUT2D eigenvalue weighted by Gasteiger charge is -2.17. The van der Waals surface area contributed by atoms with Crippen molar-refractivity contribution in [1.82, 2.24) is 0 Å². The van der Waals surface area contributed by atoms with Gasteiger partial charge in [-0.3, -0.25) is 0 Å². The minimum absolute atomic E-state index is 0.303. The SMILES string of the molecule is C=CCOc1cc(F)cc2c1C(Cl)c1ccccc1SC2. The van der Waals surface area contributed by atoms with E-state index in [4.69, 9.17) is 16.3 Å². The minimum atomic E-state index is -0.341. The molecule has 1 aliphatic rings. The van der Waals surface area contributed by atoms with Gasteiger partial charge in [0.05, 0.1) is 5.38 Å². The normalized spacial score (nSPS) is 16.6. The second-order valence-electron chi connectivity index (χ2n) is 4.77. The highest BCUT2D eigenvalue weighted by atomic mass is 35.5. The van der Waals surface area contributed by atoms with Crippen molar-refractivity contribution in [3.05, 3.63) is 71.6 Å². The van der Waals surface area contributed by atoms with E-state index in [2.05, 4.69) is 6.58 Å². The lowest BCUT2D eigenvalue weighted by atomic mass is 9.98. The Balaban J connectivity index is 2.14. The van der Waals surface area contributed by atoms with Gasteiger partial charge in [-0.25, -0.2) is 4.39 Å². The highest BCUT2D eigenvalue weighted by Gasteiger charge is 2.26. The first-order valence-corrected chi connectivity index (χ1v) is 8.04. The van der Waals surface area contributed by atoms with Gasteiger partial charge in [0, 0.05) is 22.3 Å². The highest BCUT2D eigenvalue weighted by Crippen LogP contribution is 2.46. The first-order chi connectivity index (χ1) is 10.2. The Morgan fingerprint density at radius 1 is 1.38 bits per heavy atom. The van der Waals surface area contributed by atoms with Crippen LogP contribution < -0.4 is 4.74 Å². The van der Waals surface area contributed by atoms with Crippen molar-refractivity contribution in [3.63, 3.8) is 0 Å². The summed E-state index contributed by atoms with van der Waals surface area (Å²) in [7, 11) is 0. The maximum atomic E-state index is 13.8. The molecule has 4 heteroatoms. The third kappa shape index (κ3) is 2.81. The molecule has 21 heavy (non-hydrogen) atoms. The van der Waals surface area contributed by atoms with Crippen LogP contribution in [0.1, 0.15) is 22.1 Å². The Morgan fingerprint density at radius 2 is 2.19 bits per heavy atom. The molecule has 0 N–H and O–H groups in total. The van der Waals surface area contributed by atoms with E-state index < -0.39 is 0 Å². The maximum absolute atomic E-state index is 13.8. The molecule has 3 rings (SSSR count). The van der Waals surface area contributed by atoms with Crippen molar-refractivity contribution >= 4 is 23.4 Å². The Labute approximate surface area is 132 Å². The average Bonchev–Trinajstić information content (AvgIpc) is 2.63. The maximum Gasteiger partial charge on any atom is 0.128 e. The molecular weight excluding hydrogens is 307 g/mol. The van der Waals surface area contributed by atoms with E-state index in [1.807, 2.05) is 24.3 Å². The van der Waals surface area contributed by atoms with Gasteiger partial charge in [-0.05, 0) is 23.3 Å². The van der Waals surface area contributed by atoms with E-state index in [0.717, 1.165) is 21.6 Å². The van der Waals surface area contributed by atoms with Crippen molar-refractivity contribution in [2.45, 2.75) is 16.0 Å². The summed E-state index contributed by atoms with van der Waals surface area (Å²) >= 11 is 8.35. The average molecular weight is 321 g/mol. The number of rotatable bonds is 3. The monoisotopic (exact) mass is 320 g/mol. The summed E-state index contributed by atoms with van der Waals surface area (Å²) in [6, 6.07) is 11.0. The van der Waals surface area contributed by atoms with Crippen LogP contribution in [0.5, 0.6) is 5.75 Å². The van der Waals surface area contributed by atoms with E-state index in [1.165, 1.54) is 6.07 Å². The predicted molar refractivity (Wildman–Crippen MR) is 85.8 cm³/mol. The molecule has 0 saturated heterocycles. The Hall–Kier alpha value is -1.45. The Kier molecular flexibility index (Phi) is 4.22. The van der Waals surface area contributed by atoms with Gasteiger partial charge >= 0.3 is 0 Å². The predicted octanol–water partition coefficient (Wildman–Crippen LogP) is 5.32. The molecule has 0 spiro atoms. The molecule has 0 radical (unpaired) electrons. The summed E-state index contributed by atoms with van der Waals surface area (Å²) in [4.78, 5) is 1.13. The minimum Gasteiger partial charge on any atom is -0.489 e. The topological polar surface area (TPSA) is 9.23 Å². The van der Waals surface area contributed by atoms with E-state index >= 15 is 0 Å². The molecule has 2 aromatic rings. The second kappa shape index (κ2) is 6.12. The van der Waals surface area contributed by atoms with Crippen molar-refractivity contribution in [2.24, 2.45) is 0 Å². The fraction of sp³-hybridized carbons (Fsp3) is 0.176. The van der Waals surface area contributed by atoms with E-state index in [9.17, 15) is 4.39 Å². The molecule has 0 aromatic heterocycles. The molecule has 1 atom stereocenters. The van der Waals surface area contributed by atoms with E-state index in [-0.39, 0.29) is 11.2 Å². The smallest absolute Gasteiger partial charge is 0.128 e. The molecule has 108 valence electrons. The fourth-order valence-corrected chi connectivity index (χ4v) is 4.03. The van der Waals surface area contributed by atoms with Gasteiger partial charge in [0.25, 0.3) is 0 Å². The number of halogens is 2. The van der Waals surface area contributed by atoms with E-state index in [0.29, 0.717) is 18.1 Å². The molecule has 1 unspecified atom stereocenters. The Morgan fingerprint density at radius 3 is 3.00 bits per heavy atom. The number of ether oxygens (including phenoxy) is 1. The van der Waals surface area contributed by atoms with Crippen LogP contribution in [0.2, 0.25) is 0 Å². The molecule has 1 heterocycles. The lowest BCUT2D eigenvalue weighted by molar-refractivity contribution is 0.356. The summed E-state index contributed by atoms with van der Waals surface area (Å²) in [5.74, 6) is 0.878. The summed E-state index contributed by atoms with van der Waals surface area (Å²) in [5, 5.41) is -0.341. The number of alkyl halides is 1. The molecule has 0 saturated carbocycles. The van der Waals surface area contributed by atoms with Crippen LogP contribution in [0, 0.1) is 5.82 Å². The van der Waals surface area contributed by atoms with Crippen molar-refractivity contribution in [3.8, 4) is 5.75 Å². The van der Waals surface area contributed by atoms with Crippen molar-refractivity contribution in [2.75, 3.05) is 6.61 Å². The van der Waals surface area contributed by atoms with Crippen LogP contribution in [-0.2, 0) is 5.75 Å². The first kappa shape index (κ1) is 14.5. The van der Waals surface area contributed by atoms with Gasteiger partial charge in [0.1, 0.15) is 18.2 Å². The third-order valence-corrected chi connectivity index (χ3v) is 4.97. The molecule has 2 aromatic carbocycles. The molecule has 0 amide bonds. The zero-order valence-corrected chi connectivity index (χ0v) is 12.9. The zero-order chi connectivity index (χ0) is 14.8. The fourth-order valence-electron chi connectivity index (χ4n) is 2.45. The molecule has 0 fully saturated rings. The standard InChI is InChI=1S/C17H14ClFOS/c1-2-7-20-14-9-12(19)8-11-10-21-15-6-4-3-5-13(15)17(18)16(11)14/h2-6,8-9,17H,1,7,10H2. The molecule has 0 aliphatic carbocycles. The van der Waals surface area contributed by atoms with Crippen LogP contribution in [0.4, 0.5) is 4.39 Å². The van der Waals surface area contributed by atoms with Crippen LogP contribution in [0.15, 0.2) is 53.9 Å². The number of hydrogen-bond acceptors (Lipinski definition) is 2. The lowest BCUT2D eigenvalue weighted by Crippen LogP contribution is -2.04. The molecular formula is C17H14ClFOS. The van der Waals surface area contributed by atoms with Gasteiger partial charge in [-0.15, -0.1) is 23.4 Å². The van der Waals surface area contributed by atoms with Crippen molar-refractivity contribution in [1.29, 1.82) is 0 Å². The number of hydrogen-bond donors (Lipinski definition) is 0. The molecule has 1 aliphatic heterocycles. The van der Waals surface area contributed by atoms with Crippen LogP contribution in [0.25, 0.3) is 0 Å². The van der Waals surface area contributed by atoms with Crippen LogP contribution in [0.3, 0.4) is 0 Å².